The summed E-state index contributed by atoms with van der Waals surface area (Å²) in [6.45, 7) is 9.74. The van der Waals surface area contributed by atoms with Crippen LogP contribution in [0.4, 0.5) is 0 Å². The summed E-state index contributed by atoms with van der Waals surface area (Å²) in [7, 11) is 0. The van der Waals surface area contributed by atoms with Gasteiger partial charge in [0, 0.05) is 18.7 Å². The highest BCUT2D eigenvalue weighted by Crippen LogP contribution is 2.29. The fourth-order valence-electron chi connectivity index (χ4n) is 2.91. The Morgan fingerprint density at radius 3 is 2.95 bits per heavy atom. The molecule has 1 fully saturated rings. The minimum Gasteiger partial charge on any atom is -0.375 e. The van der Waals surface area contributed by atoms with Crippen LogP contribution in [-0.4, -0.2) is 18.2 Å². The fraction of sp³-hybridized carbons (Fsp3) is 0.647. The zero-order valence-corrected chi connectivity index (χ0v) is 12.7. The summed E-state index contributed by atoms with van der Waals surface area (Å²) in [5.74, 6) is 0. The van der Waals surface area contributed by atoms with Crippen LogP contribution in [-0.2, 0) is 4.74 Å². The Morgan fingerprint density at radius 2 is 2.26 bits per heavy atom. The van der Waals surface area contributed by atoms with E-state index in [0.29, 0.717) is 12.1 Å². The van der Waals surface area contributed by atoms with Crippen molar-refractivity contribution in [3.05, 3.63) is 35.4 Å². The molecule has 0 spiro atoms. The van der Waals surface area contributed by atoms with Crippen LogP contribution in [0.3, 0.4) is 0 Å². The van der Waals surface area contributed by atoms with Crippen molar-refractivity contribution >= 4 is 0 Å². The molecule has 0 radical (unpaired) electrons. The predicted molar refractivity (Wildman–Crippen MR) is 80.4 cm³/mol. The van der Waals surface area contributed by atoms with Gasteiger partial charge >= 0.3 is 0 Å². The fourth-order valence-corrected chi connectivity index (χ4v) is 2.91. The average Bonchev–Trinajstić information content (AvgIpc) is 2.39. The van der Waals surface area contributed by atoms with Crippen LogP contribution in [0.5, 0.6) is 0 Å². The average molecular weight is 261 g/mol. The molecule has 0 aromatic heterocycles. The summed E-state index contributed by atoms with van der Waals surface area (Å²) >= 11 is 0. The van der Waals surface area contributed by atoms with E-state index in [-0.39, 0.29) is 5.60 Å². The Balaban J connectivity index is 1.97. The summed E-state index contributed by atoms with van der Waals surface area (Å²) in [5, 5.41) is 3.77. The molecule has 1 aromatic carbocycles. The van der Waals surface area contributed by atoms with Gasteiger partial charge in [-0.25, -0.2) is 0 Å². The van der Waals surface area contributed by atoms with Gasteiger partial charge in [0.15, 0.2) is 0 Å². The maximum atomic E-state index is 5.91. The molecule has 1 aliphatic rings. The molecule has 2 heteroatoms. The summed E-state index contributed by atoms with van der Waals surface area (Å²) in [6, 6.07) is 9.75. The smallest absolute Gasteiger partial charge is 0.0666 e. The first-order valence-corrected chi connectivity index (χ1v) is 7.49. The van der Waals surface area contributed by atoms with Crippen molar-refractivity contribution in [1.82, 2.24) is 5.32 Å². The first-order chi connectivity index (χ1) is 9.02. The zero-order chi connectivity index (χ0) is 13.9. The van der Waals surface area contributed by atoms with Crippen molar-refractivity contribution in [3.63, 3.8) is 0 Å². The summed E-state index contributed by atoms with van der Waals surface area (Å²) in [4.78, 5) is 0. The number of nitrogens with one attached hydrogen (secondary N) is 1. The van der Waals surface area contributed by atoms with E-state index >= 15 is 0 Å². The van der Waals surface area contributed by atoms with E-state index in [1.54, 1.807) is 0 Å². The zero-order valence-electron chi connectivity index (χ0n) is 12.7. The minimum atomic E-state index is 0.0578. The molecule has 19 heavy (non-hydrogen) atoms. The Hall–Kier alpha value is -0.860. The van der Waals surface area contributed by atoms with Crippen molar-refractivity contribution in [3.8, 4) is 0 Å². The van der Waals surface area contributed by atoms with Crippen molar-refractivity contribution < 1.29 is 4.74 Å². The SMILES string of the molecule is CCC1(C)CC(N[C@@H](C)c2cccc(C)c2)CCO1. The van der Waals surface area contributed by atoms with Gasteiger partial charge < -0.3 is 10.1 Å². The topological polar surface area (TPSA) is 21.3 Å². The number of benzene rings is 1. The number of ether oxygens (including phenoxy) is 1. The van der Waals surface area contributed by atoms with Crippen LogP contribution in [0.25, 0.3) is 0 Å². The maximum Gasteiger partial charge on any atom is 0.0666 e. The first kappa shape index (κ1) is 14.5. The van der Waals surface area contributed by atoms with Crippen molar-refractivity contribution in [2.75, 3.05) is 6.61 Å². The molecule has 1 aliphatic heterocycles. The number of rotatable bonds is 4. The van der Waals surface area contributed by atoms with Crippen LogP contribution >= 0.6 is 0 Å². The van der Waals surface area contributed by atoms with Crippen LogP contribution in [0, 0.1) is 6.92 Å². The second-order valence-electron chi connectivity index (χ2n) is 6.14. The van der Waals surface area contributed by atoms with Crippen molar-refractivity contribution in [1.29, 1.82) is 0 Å². The number of hydrogen-bond acceptors (Lipinski definition) is 2. The van der Waals surface area contributed by atoms with Crippen molar-refractivity contribution in [2.24, 2.45) is 0 Å². The van der Waals surface area contributed by atoms with Crippen LogP contribution in [0.2, 0.25) is 0 Å². The van der Waals surface area contributed by atoms with E-state index in [9.17, 15) is 0 Å². The molecule has 2 unspecified atom stereocenters. The van der Waals surface area contributed by atoms with E-state index in [1.165, 1.54) is 11.1 Å². The van der Waals surface area contributed by atoms with Crippen LogP contribution in [0.1, 0.15) is 57.2 Å². The molecule has 1 N–H and O–H groups in total. The number of aryl methyl sites for hydroxylation is 1. The van der Waals surface area contributed by atoms with Gasteiger partial charge in [-0.3, -0.25) is 0 Å². The molecule has 1 aromatic rings. The van der Waals surface area contributed by atoms with Gasteiger partial charge in [0.2, 0.25) is 0 Å². The van der Waals surface area contributed by atoms with Gasteiger partial charge in [0.25, 0.3) is 0 Å². The third kappa shape index (κ3) is 3.80. The molecule has 0 aliphatic carbocycles. The molecule has 1 heterocycles. The molecule has 106 valence electrons. The molecular weight excluding hydrogens is 234 g/mol. The van der Waals surface area contributed by atoms with Crippen LogP contribution in [0.15, 0.2) is 24.3 Å². The van der Waals surface area contributed by atoms with Crippen LogP contribution < -0.4 is 5.32 Å². The normalized spacial score (nSPS) is 29.2. The van der Waals surface area contributed by atoms with Gasteiger partial charge in [-0.1, -0.05) is 36.8 Å². The number of hydrogen-bond donors (Lipinski definition) is 1. The molecule has 2 nitrogen and oxygen atoms in total. The highest BCUT2D eigenvalue weighted by molar-refractivity contribution is 5.24. The third-order valence-corrected chi connectivity index (χ3v) is 4.37. The Bertz CT molecular complexity index is 417. The van der Waals surface area contributed by atoms with Gasteiger partial charge in [0.05, 0.1) is 5.60 Å². The van der Waals surface area contributed by atoms with E-state index in [4.69, 9.17) is 4.74 Å². The van der Waals surface area contributed by atoms with E-state index in [2.05, 4.69) is 57.3 Å². The summed E-state index contributed by atoms with van der Waals surface area (Å²) in [6.07, 6.45) is 3.31. The first-order valence-electron chi connectivity index (χ1n) is 7.49. The van der Waals surface area contributed by atoms with E-state index < -0.39 is 0 Å². The lowest BCUT2D eigenvalue weighted by Crippen LogP contribution is -2.45. The second-order valence-corrected chi connectivity index (χ2v) is 6.14. The third-order valence-electron chi connectivity index (χ3n) is 4.37. The Kier molecular flexibility index (Phi) is 4.64. The predicted octanol–water partition coefficient (Wildman–Crippen LogP) is 3.99. The Labute approximate surface area is 117 Å². The summed E-state index contributed by atoms with van der Waals surface area (Å²) < 4.78 is 5.91. The molecule has 0 bridgehead atoms. The molecule has 3 atom stereocenters. The Morgan fingerprint density at radius 1 is 1.47 bits per heavy atom. The molecule has 2 rings (SSSR count). The van der Waals surface area contributed by atoms with E-state index in [0.717, 1.165) is 25.9 Å². The largest absolute Gasteiger partial charge is 0.375 e. The lowest BCUT2D eigenvalue weighted by Gasteiger charge is -2.39. The molecular formula is C17H27NO. The quantitative estimate of drug-likeness (QED) is 0.884. The minimum absolute atomic E-state index is 0.0578. The molecule has 1 saturated heterocycles. The van der Waals surface area contributed by atoms with Gasteiger partial charge in [-0.05, 0) is 45.6 Å². The standard InChI is InChI=1S/C17H27NO/c1-5-17(4)12-16(9-10-19-17)18-14(3)15-8-6-7-13(2)11-15/h6-8,11,14,16,18H,5,9-10,12H2,1-4H3/t14-,16?,17?/m0/s1. The lowest BCUT2D eigenvalue weighted by atomic mass is 9.89. The lowest BCUT2D eigenvalue weighted by molar-refractivity contribution is -0.0789. The van der Waals surface area contributed by atoms with Gasteiger partial charge in [-0.2, -0.15) is 0 Å². The monoisotopic (exact) mass is 261 g/mol. The highest BCUT2D eigenvalue weighted by atomic mass is 16.5. The summed E-state index contributed by atoms with van der Waals surface area (Å²) in [5.41, 5.74) is 2.77. The molecule has 0 amide bonds. The van der Waals surface area contributed by atoms with Crippen molar-refractivity contribution in [2.45, 2.75) is 64.6 Å². The second kappa shape index (κ2) is 6.06. The van der Waals surface area contributed by atoms with Gasteiger partial charge in [0.1, 0.15) is 0 Å². The van der Waals surface area contributed by atoms with E-state index in [1.807, 2.05) is 0 Å². The maximum absolute atomic E-state index is 5.91. The highest BCUT2D eigenvalue weighted by Gasteiger charge is 2.32. The molecule has 0 saturated carbocycles. The van der Waals surface area contributed by atoms with Gasteiger partial charge in [-0.15, -0.1) is 0 Å².